The van der Waals surface area contributed by atoms with Gasteiger partial charge in [-0.25, -0.2) is 13.2 Å². The fraction of sp³-hybridized carbons (Fsp3) is 0.278. The molecule has 0 aliphatic rings. The number of benzene rings is 2. The Balaban J connectivity index is 2.00. The van der Waals surface area contributed by atoms with Crippen LogP contribution in [0, 0.1) is 17.5 Å². The summed E-state index contributed by atoms with van der Waals surface area (Å²) in [5.74, 6) is -3.28. The van der Waals surface area contributed by atoms with Gasteiger partial charge < -0.3 is 5.11 Å². The van der Waals surface area contributed by atoms with Crippen LogP contribution in [0.2, 0.25) is 0 Å². The lowest BCUT2D eigenvalue weighted by molar-refractivity contribution is -0.137. The summed E-state index contributed by atoms with van der Waals surface area (Å²) in [6.07, 6.45) is 2.93. The number of aryl methyl sites for hydroxylation is 1. The molecule has 2 rings (SSSR count). The molecule has 122 valence electrons. The van der Waals surface area contributed by atoms with Crippen molar-refractivity contribution in [3.05, 3.63) is 59.4 Å². The zero-order chi connectivity index (χ0) is 16.8. The Bertz CT molecular complexity index is 699. The average molecular weight is 322 g/mol. The molecule has 2 aromatic rings. The largest absolute Gasteiger partial charge is 0.481 e. The van der Waals surface area contributed by atoms with Crippen molar-refractivity contribution in [1.29, 1.82) is 0 Å². The summed E-state index contributed by atoms with van der Waals surface area (Å²) in [6, 6.07) is 7.96. The predicted octanol–water partition coefficient (Wildman–Crippen LogP) is 4.96. The van der Waals surface area contributed by atoms with E-state index in [9.17, 15) is 18.0 Å². The summed E-state index contributed by atoms with van der Waals surface area (Å²) in [7, 11) is 0. The quantitative estimate of drug-likeness (QED) is 0.732. The van der Waals surface area contributed by atoms with Crippen LogP contribution in [0.4, 0.5) is 13.2 Å². The first-order chi connectivity index (χ1) is 11.0. The maximum atomic E-state index is 14.2. The molecule has 0 bridgehead atoms. The molecule has 2 aromatic carbocycles. The van der Waals surface area contributed by atoms with E-state index in [1.54, 1.807) is 12.1 Å². The highest BCUT2D eigenvalue weighted by atomic mass is 19.2. The van der Waals surface area contributed by atoms with E-state index < -0.39 is 23.4 Å². The van der Waals surface area contributed by atoms with Crippen LogP contribution in [0.1, 0.15) is 31.2 Å². The molecule has 0 spiro atoms. The summed E-state index contributed by atoms with van der Waals surface area (Å²) in [5, 5.41) is 8.54. The standard InChI is InChI=1S/C18H17F3O2/c19-15-9-7-13(11-17(15)21)14-8-6-12(10-16(14)20)4-2-1-3-5-18(22)23/h6-11H,1-5H2,(H,22,23). The Labute approximate surface area is 132 Å². The lowest BCUT2D eigenvalue weighted by atomic mass is 10.00. The van der Waals surface area contributed by atoms with Crippen LogP contribution in [-0.2, 0) is 11.2 Å². The molecule has 23 heavy (non-hydrogen) atoms. The second-order valence-corrected chi connectivity index (χ2v) is 5.40. The SMILES string of the molecule is O=C(O)CCCCCc1ccc(-c2ccc(F)c(F)c2)c(F)c1. The highest BCUT2D eigenvalue weighted by molar-refractivity contribution is 5.66. The number of carboxylic acid groups (broad SMARTS) is 1. The molecule has 0 aromatic heterocycles. The third-order valence-electron chi connectivity index (χ3n) is 3.62. The van der Waals surface area contributed by atoms with E-state index in [-0.39, 0.29) is 17.5 Å². The highest BCUT2D eigenvalue weighted by Crippen LogP contribution is 2.25. The van der Waals surface area contributed by atoms with Crippen molar-refractivity contribution in [2.24, 2.45) is 0 Å². The van der Waals surface area contributed by atoms with Crippen LogP contribution in [0.25, 0.3) is 11.1 Å². The van der Waals surface area contributed by atoms with Crippen LogP contribution in [0.5, 0.6) is 0 Å². The second kappa shape index (κ2) is 7.81. The number of rotatable bonds is 7. The Morgan fingerprint density at radius 3 is 2.30 bits per heavy atom. The molecular formula is C18H17F3O2. The van der Waals surface area contributed by atoms with Gasteiger partial charge in [-0.3, -0.25) is 4.79 Å². The smallest absolute Gasteiger partial charge is 0.303 e. The molecule has 1 N–H and O–H groups in total. The van der Waals surface area contributed by atoms with E-state index in [2.05, 4.69) is 0 Å². The summed E-state index contributed by atoms with van der Waals surface area (Å²) in [4.78, 5) is 10.4. The zero-order valence-corrected chi connectivity index (χ0v) is 12.5. The first-order valence-electron chi connectivity index (χ1n) is 7.43. The minimum Gasteiger partial charge on any atom is -0.481 e. The minimum atomic E-state index is -1.01. The summed E-state index contributed by atoms with van der Waals surface area (Å²) >= 11 is 0. The van der Waals surface area contributed by atoms with Crippen molar-refractivity contribution >= 4 is 5.97 Å². The summed E-state index contributed by atoms with van der Waals surface area (Å²) in [5.41, 5.74) is 1.30. The van der Waals surface area contributed by atoms with Gasteiger partial charge in [-0.1, -0.05) is 24.6 Å². The Morgan fingerprint density at radius 1 is 0.870 bits per heavy atom. The molecule has 0 saturated carbocycles. The van der Waals surface area contributed by atoms with E-state index in [1.165, 1.54) is 12.1 Å². The lowest BCUT2D eigenvalue weighted by Crippen LogP contribution is -1.95. The summed E-state index contributed by atoms with van der Waals surface area (Å²) in [6.45, 7) is 0. The van der Waals surface area contributed by atoms with Crippen molar-refractivity contribution in [1.82, 2.24) is 0 Å². The molecular weight excluding hydrogens is 305 g/mol. The van der Waals surface area contributed by atoms with Crippen molar-refractivity contribution in [2.75, 3.05) is 0 Å². The van der Waals surface area contributed by atoms with Gasteiger partial charge in [0.2, 0.25) is 0 Å². The van der Waals surface area contributed by atoms with Crippen LogP contribution >= 0.6 is 0 Å². The second-order valence-electron chi connectivity index (χ2n) is 5.40. The van der Waals surface area contributed by atoms with Gasteiger partial charge in [-0.15, -0.1) is 0 Å². The van der Waals surface area contributed by atoms with Gasteiger partial charge in [0, 0.05) is 12.0 Å². The third kappa shape index (κ3) is 4.84. The van der Waals surface area contributed by atoms with E-state index in [4.69, 9.17) is 5.11 Å². The van der Waals surface area contributed by atoms with Crippen molar-refractivity contribution in [3.8, 4) is 11.1 Å². The Kier molecular flexibility index (Phi) is 5.79. The Hall–Kier alpha value is -2.30. The predicted molar refractivity (Wildman–Crippen MR) is 81.6 cm³/mol. The number of hydrogen-bond donors (Lipinski definition) is 1. The maximum Gasteiger partial charge on any atom is 0.303 e. The van der Waals surface area contributed by atoms with Crippen molar-refractivity contribution < 1.29 is 23.1 Å². The zero-order valence-electron chi connectivity index (χ0n) is 12.5. The minimum absolute atomic E-state index is 0.142. The molecule has 0 saturated heterocycles. The molecule has 0 unspecified atom stereocenters. The number of carbonyl (C=O) groups is 1. The molecule has 0 fully saturated rings. The van der Waals surface area contributed by atoms with Crippen LogP contribution < -0.4 is 0 Å². The van der Waals surface area contributed by atoms with Gasteiger partial charge in [0.1, 0.15) is 5.82 Å². The lowest BCUT2D eigenvalue weighted by Gasteiger charge is -2.07. The first-order valence-corrected chi connectivity index (χ1v) is 7.43. The molecule has 0 radical (unpaired) electrons. The normalized spacial score (nSPS) is 10.7. The molecule has 0 heterocycles. The molecule has 0 amide bonds. The van der Waals surface area contributed by atoms with E-state index in [1.807, 2.05) is 0 Å². The topological polar surface area (TPSA) is 37.3 Å². The van der Waals surface area contributed by atoms with Gasteiger partial charge >= 0.3 is 5.97 Å². The van der Waals surface area contributed by atoms with E-state index in [0.29, 0.717) is 12.8 Å². The first kappa shape index (κ1) is 17.1. The molecule has 5 heteroatoms. The fourth-order valence-electron chi connectivity index (χ4n) is 2.39. The molecule has 0 atom stereocenters. The van der Waals surface area contributed by atoms with E-state index >= 15 is 0 Å². The average Bonchev–Trinajstić information content (AvgIpc) is 2.50. The van der Waals surface area contributed by atoms with Crippen LogP contribution in [0.15, 0.2) is 36.4 Å². The highest BCUT2D eigenvalue weighted by Gasteiger charge is 2.09. The monoisotopic (exact) mass is 322 g/mol. The van der Waals surface area contributed by atoms with Gasteiger partial charge in [-0.2, -0.15) is 0 Å². The van der Waals surface area contributed by atoms with Crippen LogP contribution in [0.3, 0.4) is 0 Å². The molecule has 0 aliphatic heterocycles. The number of unbranched alkanes of at least 4 members (excludes halogenated alkanes) is 2. The summed E-state index contributed by atoms with van der Waals surface area (Å²) < 4.78 is 40.3. The van der Waals surface area contributed by atoms with Gasteiger partial charge in [0.15, 0.2) is 11.6 Å². The number of carboxylic acids is 1. The van der Waals surface area contributed by atoms with Crippen molar-refractivity contribution in [2.45, 2.75) is 32.1 Å². The van der Waals surface area contributed by atoms with E-state index in [0.717, 1.165) is 30.5 Å². The molecule has 2 nitrogen and oxygen atoms in total. The number of aliphatic carboxylic acids is 1. The van der Waals surface area contributed by atoms with Gasteiger partial charge in [0.05, 0.1) is 0 Å². The number of halogens is 3. The Morgan fingerprint density at radius 2 is 1.65 bits per heavy atom. The maximum absolute atomic E-state index is 14.2. The van der Waals surface area contributed by atoms with Gasteiger partial charge in [0.25, 0.3) is 0 Å². The van der Waals surface area contributed by atoms with Gasteiger partial charge in [-0.05, 0) is 48.6 Å². The fourth-order valence-corrected chi connectivity index (χ4v) is 2.39. The number of hydrogen-bond acceptors (Lipinski definition) is 1. The van der Waals surface area contributed by atoms with Crippen LogP contribution in [-0.4, -0.2) is 11.1 Å². The third-order valence-corrected chi connectivity index (χ3v) is 3.62. The van der Waals surface area contributed by atoms with Crippen molar-refractivity contribution in [3.63, 3.8) is 0 Å². The molecule has 0 aliphatic carbocycles.